The van der Waals surface area contributed by atoms with Crippen molar-refractivity contribution in [1.29, 1.82) is 0 Å². The molecule has 23 heavy (non-hydrogen) atoms. The molecule has 0 saturated heterocycles. The van der Waals surface area contributed by atoms with E-state index in [0.717, 1.165) is 5.56 Å². The van der Waals surface area contributed by atoms with Crippen LogP contribution in [-0.2, 0) is 4.79 Å². The first kappa shape index (κ1) is 16.7. The number of benzene rings is 2. The number of methoxy groups -OCH3 is 1. The smallest absolute Gasteiger partial charge is 0.224 e. The van der Waals surface area contributed by atoms with Gasteiger partial charge in [0.25, 0.3) is 0 Å². The van der Waals surface area contributed by atoms with E-state index in [1.807, 2.05) is 13.0 Å². The fraction of sp³-hybridized carbons (Fsp3) is 0.222. The zero-order valence-electron chi connectivity index (χ0n) is 13.1. The van der Waals surface area contributed by atoms with Crippen LogP contribution in [0.2, 0.25) is 0 Å². The lowest BCUT2D eigenvalue weighted by Crippen LogP contribution is -2.14. The average molecular weight is 315 g/mol. The van der Waals surface area contributed by atoms with Gasteiger partial charge in [-0.1, -0.05) is 6.07 Å². The van der Waals surface area contributed by atoms with E-state index in [2.05, 4.69) is 5.32 Å². The topological polar surface area (TPSA) is 55.4 Å². The first-order chi connectivity index (χ1) is 11.0. The standard InChI is InChI=1S/C18H18FNO3/c1-12-3-9-17(23-2)15(11-12)20-18(22)10-8-16(21)13-4-6-14(19)7-5-13/h3-7,9,11H,8,10H2,1-2H3,(H,20,22). The molecule has 1 N–H and O–H groups in total. The highest BCUT2D eigenvalue weighted by Gasteiger charge is 2.11. The van der Waals surface area contributed by atoms with Crippen LogP contribution in [0.1, 0.15) is 28.8 Å². The van der Waals surface area contributed by atoms with E-state index < -0.39 is 5.82 Å². The van der Waals surface area contributed by atoms with Gasteiger partial charge < -0.3 is 10.1 Å². The second kappa shape index (κ2) is 7.54. The Balaban J connectivity index is 1.94. The summed E-state index contributed by atoms with van der Waals surface area (Å²) in [5, 5.41) is 2.74. The summed E-state index contributed by atoms with van der Waals surface area (Å²) in [5.74, 6) is -0.305. The van der Waals surface area contributed by atoms with Crippen LogP contribution in [0.4, 0.5) is 10.1 Å². The number of ketones is 1. The summed E-state index contributed by atoms with van der Waals surface area (Å²) in [4.78, 5) is 24.0. The molecule has 0 saturated carbocycles. The van der Waals surface area contributed by atoms with Gasteiger partial charge in [-0.05, 0) is 48.9 Å². The van der Waals surface area contributed by atoms with E-state index in [9.17, 15) is 14.0 Å². The maximum atomic E-state index is 12.8. The molecular weight excluding hydrogens is 297 g/mol. The number of rotatable bonds is 6. The Morgan fingerprint density at radius 2 is 1.78 bits per heavy atom. The average Bonchev–Trinajstić information content (AvgIpc) is 2.53. The minimum absolute atomic E-state index is 0.0489. The second-order valence-corrected chi connectivity index (χ2v) is 5.18. The summed E-state index contributed by atoms with van der Waals surface area (Å²) in [6.07, 6.45) is 0.110. The Morgan fingerprint density at radius 1 is 1.09 bits per heavy atom. The van der Waals surface area contributed by atoms with Gasteiger partial charge in [0.05, 0.1) is 12.8 Å². The van der Waals surface area contributed by atoms with Crippen LogP contribution in [0.15, 0.2) is 42.5 Å². The van der Waals surface area contributed by atoms with E-state index in [1.165, 1.54) is 31.4 Å². The third kappa shape index (κ3) is 4.64. The largest absolute Gasteiger partial charge is 0.495 e. The summed E-state index contributed by atoms with van der Waals surface area (Å²) in [6, 6.07) is 10.7. The molecule has 5 heteroatoms. The van der Waals surface area contributed by atoms with Crippen molar-refractivity contribution in [3.63, 3.8) is 0 Å². The molecule has 0 aromatic heterocycles. The van der Waals surface area contributed by atoms with E-state index in [-0.39, 0.29) is 24.5 Å². The number of hydrogen-bond donors (Lipinski definition) is 1. The van der Waals surface area contributed by atoms with Crippen LogP contribution in [0.3, 0.4) is 0 Å². The van der Waals surface area contributed by atoms with E-state index in [1.54, 1.807) is 12.1 Å². The number of nitrogens with one attached hydrogen (secondary N) is 1. The second-order valence-electron chi connectivity index (χ2n) is 5.18. The number of carbonyl (C=O) groups is 2. The van der Waals surface area contributed by atoms with Gasteiger partial charge in [-0.15, -0.1) is 0 Å². The van der Waals surface area contributed by atoms with Gasteiger partial charge in [0.1, 0.15) is 11.6 Å². The van der Waals surface area contributed by atoms with Crippen molar-refractivity contribution >= 4 is 17.4 Å². The fourth-order valence-electron chi connectivity index (χ4n) is 2.14. The lowest BCUT2D eigenvalue weighted by Gasteiger charge is -2.11. The molecule has 0 fully saturated rings. The minimum atomic E-state index is -0.397. The Morgan fingerprint density at radius 3 is 2.43 bits per heavy atom. The zero-order valence-corrected chi connectivity index (χ0v) is 13.1. The van der Waals surface area contributed by atoms with Gasteiger partial charge in [0, 0.05) is 18.4 Å². The quantitative estimate of drug-likeness (QED) is 0.826. The van der Waals surface area contributed by atoms with Gasteiger partial charge in [-0.3, -0.25) is 9.59 Å². The molecule has 0 spiro atoms. The summed E-state index contributed by atoms with van der Waals surface area (Å²) < 4.78 is 18.0. The Kier molecular flexibility index (Phi) is 5.46. The molecule has 120 valence electrons. The van der Waals surface area contributed by atoms with Crippen molar-refractivity contribution in [1.82, 2.24) is 0 Å². The molecule has 4 nitrogen and oxygen atoms in total. The Bertz CT molecular complexity index is 711. The highest BCUT2D eigenvalue weighted by molar-refractivity contribution is 6.00. The van der Waals surface area contributed by atoms with Crippen molar-refractivity contribution in [3.8, 4) is 5.75 Å². The number of Topliss-reactive ketones (excluding diaryl/α,β-unsaturated/α-hetero) is 1. The predicted molar refractivity (Wildman–Crippen MR) is 86.3 cm³/mol. The maximum Gasteiger partial charge on any atom is 0.224 e. The van der Waals surface area contributed by atoms with Crippen LogP contribution in [0, 0.1) is 12.7 Å². The predicted octanol–water partition coefficient (Wildman–Crippen LogP) is 3.74. The SMILES string of the molecule is COc1ccc(C)cc1NC(=O)CCC(=O)c1ccc(F)cc1. The molecule has 0 radical (unpaired) electrons. The molecular formula is C18H18FNO3. The third-order valence-corrected chi connectivity index (χ3v) is 3.37. The zero-order chi connectivity index (χ0) is 16.8. The number of hydrogen-bond acceptors (Lipinski definition) is 3. The molecule has 0 aliphatic heterocycles. The molecule has 0 bridgehead atoms. The van der Waals surface area contributed by atoms with Gasteiger partial charge in [-0.2, -0.15) is 0 Å². The summed E-state index contributed by atoms with van der Waals surface area (Å²) in [7, 11) is 1.53. The van der Waals surface area contributed by atoms with Crippen LogP contribution in [0.25, 0.3) is 0 Å². The third-order valence-electron chi connectivity index (χ3n) is 3.37. The van der Waals surface area contributed by atoms with Crippen molar-refractivity contribution in [2.45, 2.75) is 19.8 Å². The Labute approximate surface area is 134 Å². The highest BCUT2D eigenvalue weighted by Crippen LogP contribution is 2.25. The molecule has 0 atom stereocenters. The van der Waals surface area contributed by atoms with Crippen molar-refractivity contribution in [3.05, 3.63) is 59.4 Å². The molecule has 0 unspecified atom stereocenters. The Hall–Kier alpha value is -2.69. The molecule has 2 rings (SSSR count). The monoisotopic (exact) mass is 315 g/mol. The first-order valence-electron chi connectivity index (χ1n) is 7.23. The highest BCUT2D eigenvalue weighted by atomic mass is 19.1. The fourth-order valence-corrected chi connectivity index (χ4v) is 2.14. The van der Waals surface area contributed by atoms with Crippen molar-refractivity contribution in [2.75, 3.05) is 12.4 Å². The molecule has 1 amide bonds. The minimum Gasteiger partial charge on any atom is -0.495 e. The lowest BCUT2D eigenvalue weighted by atomic mass is 10.1. The number of halogens is 1. The van der Waals surface area contributed by atoms with E-state index in [0.29, 0.717) is 17.0 Å². The van der Waals surface area contributed by atoms with Gasteiger partial charge >= 0.3 is 0 Å². The van der Waals surface area contributed by atoms with Gasteiger partial charge in [0.15, 0.2) is 5.78 Å². The summed E-state index contributed by atoms with van der Waals surface area (Å²) >= 11 is 0. The maximum absolute atomic E-state index is 12.8. The number of amides is 1. The molecule has 0 heterocycles. The summed E-state index contributed by atoms with van der Waals surface area (Å²) in [6.45, 7) is 1.91. The number of aryl methyl sites for hydroxylation is 1. The van der Waals surface area contributed by atoms with Crippen LogP contribution < -0.4 is 10.1 Å². The molecule has 0 aliphatic rings. The number of ether oxygens (including phenoxy) is 1. The van der Waals surface area contributed by atoms with Crippen LogP contribution >= 0.6 is 0 Å². The molecule has 0 aliphatic carbocycles. The number of anilines is 1. The lowest BCUT2D eigenvalue weighted by molar-refractivity contribution is -0.116. The van der Waals surface area contributed by atoms with Crippen molar-refractivity contribution < 1.29 is 18.7 Å². The van der Waals surface area contributed by atoms with Crippen LogP contribution in [0.5, 0.6) is 5.75 Å². The van der Waals surface area contributed by atoms with E-state index in [4.69, 9.17) is 4.74 Å². The number of carbonyl (C=O) groups excluding carboxylic acids is 2. The van der Waals surface area contributed by atoms with Crippen molar-refractivity contribution in [2.24, 2.45) is 0 Å². The van der Waals surface area contributed by atoms with Gasteiger partial charge in [0.2, 0.25) is 5.91 Å². The van der Waals surface area contributed by atoms with Crippen LogP contribution in [-0.4, -0.2) is 18.8 Å². The molecule has 2 aromatic carbocycles. The summed E-state index contributed by atoms with van der Waals surface area (Å²) in [5.41, 5.74) is 1.96. The van der Waals surface area contributed by atoms with Gasteiger partial charge in [-0.25, -0.2) is 4.39 Å². The normalized spacial score (nSPS) is 10.2. The van der Waals surface area contributed by atoms with E-state index >= 15 is 0 Å². The molecule has 2 aromatic rings. The first-order valence-corrected chi connectivity index (χ1v) is 7.23.